The molecule has 1 aromatic rings. The fourth-order valence-electron chi connectivity index (χ4n) is 3.16. The van der Waals surface area contributed by atoms with E-state index in [0.717, 1.165) is 11.5 Å². The average Bonchev–Trinajstić information content (AvgIpc) is 2.76. The van der Waals surface area contributed by atoms with Crippen LogP contribution in [0.3, 0.4) is 0 Å². The van der Waals surface area contributed by atoms with Crippen LogP contribution in [0, 0.1) is 11.3 Å². The first-order valence-electron chi connectivity index (χ1n) is 6.85. The number of benzene rings is 1. The minimum Gasteiger partial charge on any atom is -0.497 e. The summed E-state index contributed by atoms with van der Waals surface area (Å²) in [7, 11) is 3.40. The molecule has 106 valence electrons. The van der Waals surface area contributed by atoms with Gasteiger partial charge < -0.3 is 9.47 Å². The molecule has 0 radical (unpaired) electrons. The van der Waals surface area contributed by atoms with E-state index in [1.807, 2.05) is 12.1 Å². The van der Waals surface area contributed by atoms with Crippen molar-refractivity contribution in [3.63, 3.8) is 0 Å². The predicted octanol–water partition coefficient (Wildman–Crippen LogP) is 4.97. The van der Waals surface area contributed by atoms with Crippen molar-refractivity contribution < 1.29 is 9.47 Å². The minimum atomic E-state index is 0.339. The quantitative estimate of drug-likeness (QED) is 0.727. The van der Waals surface area contributed by atoms with Crippen molar-refractivity contribution in [2.24, 2.45) is 11.3 Å². The first kappa shape index (κ1) is 14.7. The molecular formula is C16H23BrO2. The molecule has 1 fully saturated rings. The van der Waals surface area contributed by atoms with Crippen LogP contribution in [0.1, 0.15) is 43.5 Å². The van der Waals surface area contributed by atoms with Crippen molar-refractivity contribution in [1.29, 1.82) is 0 Å². The third kappa shape index (κ3) is 2.91. The topological polar surface area (TPSA) is 18.5 Å². The lowest BCUT2D eigenvalue weighted by Crippen LogP contribution is -2.21. The maximum atomic E-state index is 5.53. The molecule has 0 amide bonds. The van der Waals surface area contributed by atoms with Gasteiger partial charge in [-0.05, 0) is 30.2 Å². The lowest BCUT2D eigenvalue weighted by Gasteiger charge is -2.32. The Morgan fingerprint density at radius 2 is 2.00 bits per heavy atom. The zero-order valence-electron chi connectivity index (χ0n) is 12.2. The molecule has 0 saturated heterocycles. The number of hydrogen-bond acceptors (Lipinski definition) is 2. The average molecular weight is 327 g/mol. The molecule has 3 heteroatoms. The zero-order valence-corrected chi connectivity index (χ0v) is 13.8. The summed E-state index contributed by atoms with van der Waals surface area (Å²) in [5.74, 6) is 2.39. The second kappa shape index (κ2) is 5.74. The maximum Gasteiger partial charge on any atom is 0.126 e. The van der Waals surface area contributed by atoms with Crippen LogP contribution in [0.15, 0.2) is 18.2 Å². The highest BCUT2D eigenvalue weighted by molar-refractivity contribution is 9.09. The molecule has 2 nitrogen and oxygen atoms in total. The molecule has 1 aliphatic rings. The Morgan fingerprint density at radius 1 is 1.26 bits per heavy atom. The second-order valence-electron chi connectivity index (χ2n) is 6.00. The molecule has 2 rings (SSSR count). The summed E-state index contributed by atoms with van der Waals surface area (Å²) in [6.45, 7) is 4.74. The predicted molar refractivity (Wildman–Crippen MR) is 82.3 cm³/mol. The molecule has 0 aliphatic heterocycles. The molecule has 1 aromatic carbocycles. The summed E-state index contributed by atoms with van der Waals surface area (Å²) in [6.07, 6.45) is 3.90. The minimum absolute atomic E-state index is 0.339. The SMILES string of the molecule is COc1ccc(C(Br)C2CCCC2(C)C)c(OC)c1. The van der Waals surface area contributed by atoms with Crippen molar-refractivity contribution in [1.82, 2.24) is 0 Å². The monoisotopic (exact) mass is 326 g/mol. The molecule has 0 heterocycles. The summed E-state index contributed by atoms with van der Waals surface area (Å²) in [5.41, 5.74) is 1.61. The van der Waals surface area contributed by atoms with Crippen LogP contribution >= 0.6 is 15.9 Å². The van der Waals surface area contributed by atoms with Gasteiger partial charge in [-0.3, -0.25) is 0 Å². The van der Waals surface area contributed by atoms with Gasteiger partial charge in [0, 0.05) is 16.5 Å². The number of hydrogen-bond donors (Lipinski definition) is 0. The summed E-state index contributed by atoms with van der Waals surface area (Å²) >= 11 is 3.91. The van der Waals surface area contributed by atoms with Gasteiger partial charge in [-0.1, -0.05) is 42.3 Å². The van der Waals surface area contributed by atoms with Crippen molar-refractivity contribution in [2.75, 3.05) is 14.2 Å². The van der Waals surface area contributed by atoms with E-state index in [9.17, 15) is 0 Å². The second-order valence-corrected chi connectivity index (χ2v) is 6.98. The zero-order chi connectivity index (χ0) is 14.0. The van der Waals surface area contributed by atoms with Crippen LogP contribution in [0.5, 0.6) is 11.5 Å². The molecular weight excluding hydrogens is 304 g/mol. The highest BCUT2D eigenvalue weighted by Gasteiger charge is 2.39. The summed E-state index contributed by atoms with van der Waals surface area (Å²) < 4.78 is 10.8. The van der Waals surface area contributed by atoms with E-state index >= 15 is 0 Å². The van der Waals surface area contributed by atoms with Crippen molar-refractivity contribution >= 4 is 15.9 Å². The third-order valence-electron chi connectivity index (χ3n) is 4.43. The van der Waals surface area contributed by atoms with E-state index in [1.54, 1.807) is 14.2 Å². The Kier molecular flexibility index (Phi) is 4.44. The van der Waals surface area contributed by atoms with E-state index in [-0.39, 0.29) is 0 Å². The first-order valence-corrected chi connectivity index (χ1v) is 7.77. The molecule has 2 atom stereocenters. The van der Waals surface area contributed by atoms with Gasteiger partial charge in [0.2, 0.25) is 0 Å². The Labute approximate surface area is 124 Å². The van der Waals surface area contributed by atoms with Gasteiger partial charge in [0.1, 0.15) is 11.5 Å². The molecule has 0 N–H and O–H groups in total. The van der Waals surface area contributed by atoms with E-state index in [2.05, 4.69) is 35.8 Å². The molecule has 2 unspecified atom stereocenters. The number of rotatable bonds is 4. The Bertz CT molecular complexity index is 442. The molecule has 0 aromatic heterocycles. The van der Waals surface area contributed by atoms with Gasteiger partial charge in [-0.15, -0.1) is 0 Å². The molecule has 1 aliphatic carbocycles. The highest BCUT2D eigenvalue weighted by atomic mass is 79.9. The number of methoxy groups -OCH3 is 2. The lowest BCUT2D eigenvalue weighted by atomic mass is 9.78. The van der Waals surface area contributed by atoms with Crippen molar-refractivity contribution in [3.05, 3.63) is 23.8 Å². The summed E-state index contributed by atoms with van der Waals surface area (Å²) in [6, 6.07) is 6.09. The Morgan fingerprint density at radius 3 is 2.53 bits per heavy atom. The Hall–Kier alpha value is -0.700. The van der Waals surface area contributed by atoms with Crippen LogP contribution in [0.2, 0.25) is 0 Å². The van der Waals surface area contributed by atoms with Gasteiger partial charge in [-0.25, -0.2) is 0 Å². The summed E-state index contributed by atoms with van der Waals surface area (Å²) in [5, 5.41) is 0. The number of halogens is 1. The van der Waals surface area contributed by atoms with Gasteiger partial charge in [0.05, 0.1) is 14.2 Å². The Balaban J connectivity index is 2.30. The lowest BCUT2D eigenvalue weighted by molar-refractivity contribution is 0.254. The van der Waals surface area contributed by atoms with Crippen LogP contribution in [-0.2, 0) is 0 Å². The molecule has 0 spiro atoms. The van der Waals surface area contributed by atoms with E-state index in [4.69, 9.17) is 9.47 Å². The standard InChI is InChI=1S/C16H23BrO2/c1-16(2)9-5-6-13(16)15(17)12-8-7-11(18-3)10-14(12)19-4/h7-8,10,13,15H,5-6,9H2,1-4H3. The van der Waals surface area contributed by atoms with Gasteiger partial charge in [-0.2, -0.15) is 0 Å². The van der Waals surface area contributed by atoms with Crippen LogP contribution in [-0.4, -0.2) is 14.2 Å². The first-order chi connectivity index (χ1) is 8.99. The third-order valence-corrected chi connectivity index (χ3v) is 5.56. The van der Waals surface area contributed by atoms with Gasteiger partial charge in [0.25, 0.3) is 0 Å². The van der Waals surface area contributed by atoms with E-state index < -0.39 is 0 Å². The van der Waals surface area contributed by atoms with E-state index in [0.29, 0.717) is 16.2 Å². The molecule has 1 saturated carbocycles. The van der Waals surface area contributed by atoms with Crippen LogP contribution in [0.4, 0.5) is 0 Å². The molecule has 19 heavy (non-hydrogen) atoms. The fraction of sp³-hybridized carbons (Fsp3) is 0.625. The largest absolute Gasteiger partial charge is 0.497 e. The fourth-order valence-corrected chi connectivity index (χ4v) is 4.52. The van der Waals surface area contributed by atoms with Crippen molar-refractivity contribution in [2.45, 2.75) is 37.9 Å². The smallest absolute Gasteiger partial charge is 0.126 e. The van der Waals surface area contributed by atoms with E-state index in [1.165, 1.54) is 24.8 Å². The maximum absolute atomic E-state index is 5.53. The number of alkyl halides is 1. The normalized spacial score (nSPS) is 23.1. The highest BCUT2D eigenvalue weighted by Crippen LogP contribution is 2.53. The number of ether oxygens (including phenoxy) is 2. The van der Waals surface area contributed by atoms with Gasteiger partial charge in [0.15, 0.2) is 0 Å². The molecule has 0 bridgehead atoms. The summed E-state index contributed by atoms with van der Waals surface area (Å²) in [4.78, 5) is 0.339. The van der Waals surface area contributed by atoms with Crippen LogP contribution < -0.4 is 9.47 Å². The van der Waals surface area contributed by atoms with Crippen molar-refractivity contribution in [3.8, 4) is 11.5 Å². The van der Waals surface area contributed by atoms with Crippen LogP contribution in [0.25, 0.3) is 0 Å². The van der Waals surface area contributed by atoms with Gasteiger partial charge >= 0.3 is 0 Å².